The molecule has 0 heterocycles. The van der Waals surface area contributed by atoms with Crippen LogP contribution in [0.2, 0.25) is 0 Å². The molecule has 1 atom stereocenters. The van der Waals surface area contributed by atoms with Crippen LogP contribution in [0.3, 0.4) is 0 Å². The summed E-state index contributed by atoms with van der Waals surface area (Å²) in [6.45, 7) is 7.71. The minimum absolute atomic E-state index is 0.0755. The minimum Gasteiger partial charge on any atom is -0.462 e. The maximum atomic E-state index is 12.8. The van der Waals surface area contributed by atoms with Gasteiger partial charge in [-0.25, -0.2) is 0 Å². The van der Waals surface area contributed by atoms with E-state index in [2.05, 4.69) is 81.5 Å². The van der Waals surface area contributed by atoms with Crippen molar-refractivity contribution in [2.24, 2.45) is 0 Å². The van der Waals surface area contributed by atoms with Crippen molar-refractivity contribution in [1.82, 2.24) is 0 Å². The number of unbranched alkanes of at least 4 members (excludes halogenated alkanes) is 32. The van der Waals surface area contributed by atoms with Gasteiger partial charge >= 0.3 is 11.9 Å². The highest BCUT2D eigenvalue weighted by molar-refractivity contribution is 5.70. The second-order valence-corrected chi connectivity index (χ2v) is 19.2. The summed E-state index contributed by atoms with van der Waals surface area (Å²) in [5.74, 6) is -0.412. The normalized spacial score (nSPS) is 12.6. The van der Waals surface area contributed by atoms with Gasteiger partial charge in [-0.15, -0.1) is 0 Å². The molecule has 0 saturated carbocycles. The molecule has 0 N–H and O–H groups in total. The van der Waals surface area contributed by atoms with Crippen LogP contribution in [0.25, 0.3) is 0 Å². The van der Waals surface area contributed by atoms with Crippen LogP contribution in [0, 0.1) is 0 Å². The number of rotatable bonds is 53. The van der Waals surface area contributed by atoms with Gasteiger partial charge in [0.25, 0.3) is 0 Å². The highest BCUT2D eigenvalue weighted by atomic mass is 16.6. The summed E-state index contributed by atoms with van der Waals surface area (Å²) in [6, 6.07) is 0. The van der Waals surface area contributed by atoms with Gasteiger partial charge in [-0.2, -0.15) is 0 Å². The van der Waals surface area contributed by atoms with Crippen molar-refractivity contribution in [2.75, 3.05) is 19.8 Å². The zero-order valence-electron chi connectivity index (χ0n) is 44.2. The number of hydrogen-bond donors (Lipinski definition) is 0. The summed E-state index contributed by atoms with van der Waals surface area (Å²) in [4.78, 5) is 25.5. The van der Waals surface area contributed by atoms with Crippen LogP contribution in [-0.2, 0) is 23.8 Å². The summed E-state index contributed by atoms with van der Waals surface area (Å²) >= 11 is 0. The summed E-state index contributed by atoms with van der Waals surface area (Å²) in [5.41, 5.74) is 0. The van der Waals surface area contributed by atoms with Crippen molar-refractivity contribution in [3.63, 3.8) is 0 Å². The Kier molecular flexibility index (Phi) is 54.9. The average molecular weight is 924 g/mol. The molecule has 0 aromatic rings. The second kappa shape index (κ2) is 56.9. The lowest BCUT2D eigenvalue weighted by molar-refractivity contribution is -0.163. The molecule has 66 heavy (non-hydrogen) atoms. The fraction of sp³-hybridized carbons (Fsp3) is 0.803. The van der Waals surface area contributed by atoms with Gasteiger partial charge in [0.15, 0.2) is 6.10 Å². The molecule has 1 unspecified atom stereocenters. The zero-order valence-corrected chi connectivity index (χ0v) is 44.2. The molecule has 0 bridgehead atoms. The van der Waals surface area contributed by atoms with Gasteiger partial charge in [0.1, 0.15) is 6.61 Å². The van der Waals surface area contributed by atoms with Crippen molar-refractivity contribution >= 4 is 11.9 Å². The highest BCUT2D eigenvalue weighted by Crippen LogP contribution is 2.15. The molecule has 0 rings (SSSR count). The molecule has 5 heteroatoms. The van der Waals surface area contributed by atoms with Gasteiger partial charge in [-0.1, -0.05) is 236 Å². The third kappa shape index (κ3) is 54.2. The standard InChI is InChI=1S/C61H110O5/c1-4-7-10-13-16-19-22-25-28-30-31-32-34-36-39-42-45-48-51-54-60(62)65-58-59(57-64-56-53-50-47-44-41-38-35-29-26-23-20-17-14-11-8-5-2)66-61(63)55-52-49-46-43-40-37-33-27-24-21-18-15-12-9-6-3/h9,12,18,21,25-29,33,59H,4-8,10-11,13-17,19-20,22-24,30-32,34-58H2,1-3H3/b12-9-,21-18-,28-25-,29-26-,33-27-. The minimum atomic E-state index is -0.550. The molecule has 0 aliphatic heterocycles. The fourth-order valence-electron chi connectivity index (χ4n) is 8.22. The van der Waals surface area contributed by atoms with Gasteiger partial charge in [0, 0.05) is 19.4 Å². The van der Waals surface area contributed by atoms with E-state index in [9.17, 15) is 9.59 Å². The van der Waals surface area contributed by atoms with Crippen LogP contribution in [0.4, 0.5) is 0 Å². The summed E-state index contributed by atoms with van der Waals surface area (Å²) in [7, 11) is 0. The van der Waals surface area contributed by atoms with E-state index >= 15 is 0 Å². The molecular formula is C61H110O5. The Balaban J connectivity index is 4.27. The van der Waals surface area contributed by atoms with Gasteiger partial charge in [0.2, 0.25) is 0 Å². The van der Waals surface area contributed by atoms with Crippen LogP contribution < -0.4 is 0 Å². The van der Waals surface area contributed by atoms with E-state index in [4.69, 9.17) is 14.2 Å². The molecule has 0 spiro atoms. The van der Waals surface area contributed by atoms with Crippen molar-refractivity contribution in [3.8, 4) is 0 Å². The molecule has 0 saturated heterocycles. The first-order valence-electron chi connectivity index (χ1n) is 28.8. The molecular weight excluding hydrogens is 813 g/mol. The van der Waals surface area contributed by atoms with E-state index in [1.165, 1.54) is 186 Å². The number of esters is 2. The average Bonchev–Trinajstić information content (AvgIpc) is 3.32. The van der Waals surface area contributed by atoms with E-state index in [1.54, 1.807) is 0 Å². The molecule has 0 aliphatic carbocycles. The largest absolute Gasteiger partial charge is 0.462 e. The lowest BCUT2D eigenvalue weighted by Gasteiger charge is -2.18. The smallest absolute Gasteiger partial charge is 0.306 e. The number of carbonyl (C=O) groups excluding carboxylic acids is 2. The Bertz CT molecular complexity index is 1130. The van der Waals surface area contributed by atoms with Gasteiger partial charge < -0.3 is 14.2 Å². The summed E-state index contributed by atoms with van der Waals surface area (Å²) in [5, 5.41) is 0. The Labute approximate surface area is 411 Å². The Hall–Kier alpha value is -2.40. The third-order valence-electron chi connectivity index (χ3n) is 12.5. The summed E-state index contributed by atoms with van der Waals surface area (Å²) < 4.78 is 17.5. The summed E-state index contributed by atoms with van der Waals surface area (Å²) in [6.07, 6.45) is 72.4. The highest BCUT2D eigenvalue weighted by Gasteiger charge is 2.17. The number of allylic oxidation sites excluding steroid dienone is 10. The van der Waals surface area contributed by atoms with Crippen molar-refractivity contribution < 1.29 is 23.8 Å². The Morgan fingerprint density at radius 3 is 1.11 bits per heavy atom. The Morgan fingerprint density at radius 1 is 0.348 bits per heavy atom. The number of carbonyl (C=O) groups is 2. The second-order valence-electron chi connectivity index (χ2n) is 19.2. The monoisotopic (exact) mass is 923 g/mol. The van der Waals surface area contributed by atoms with E-state index in [0.29, 0.717) is 19.4 Å². The third-order valence-corrected chi connectivity index (χ3v) is 12.5. The lowest BCUT2D eigenvalue weighted by Crippen LogP contribution is -2.30. The molecule has 0 aliphatic rings. The molecule has 0 amide bonds. The Morgan fingerprint density at radius 2 is 0.682 bits per heavy atom. The first-order chi connectivity index (χ1) is 32.6. The van der Waals surface area contributed by atoms with Crippen molar-refractivity contribution in [1.29, 1.82) is 0 Å². The maximum absolute atomic E-state index is 12.8. The maximum Gasteiger partial charge on any atom is 0.306 e. The molecule has 5 nitrogen and oxygen atoms in total. The molecule has 0 aromatic carbocycles. The lowest BCUT2D eigenvalue weighted by atomic mass is 10.1. The van der Waals surface area contributed by atoms with E-state index in [1.807, 2.05) is 0 Å². The number of hydrogen-bond acceptors (Lipinski definition) is 5. The topological polar surface area (TPSA) is 61.8 Å². The number of ether oxygens (including phenoxy) is 3. The molecule has 384 valence electrons. The predicted octanol–water partition coefficient (Wildman–Crippen LogP) is 19.7. The first kappa shape index (κ1) is 63.6. The van der Waals surface area contributed by atoms with E-state index in [0.717, 1.165) is 70.6 Å². The first-order valence-corrected chi connectivity index (χ1v) is 28.8. The quantitative estimate of drug-likeness (QED) is 0.0346. The zero-order chi connectivity index (χ0) is 47.7. The van der Waals surface area contributed by atoms with E-state index < -0.39 is 6.10 Å². The van der Waals surface area contributed by atoms with E-state index in [-0.39, 0.29) is 25.2 Å². The van der Waals surface area contributed by atoms with Gasteiger partial charge in [0.05, 0.1) is 6.61 Å². The fourth-order valence-corrected chi connectivity index (χ4v) is 8.22. The van der Waals surface area contributed by atoms with Gasteiger partial charge in [-0.3, -0.25) is 9.59 Å². The SMILES string of the molecule is CC/C=C\C/C=C\C/C=C\CCCCCCCC(=O)OC(COCCCCCCCC/C=C\CCCCCCCC)COC(=O)CCCCCCCCCCC/C=C\CCCCCCCC. The molecule has 0 fully saturated rings. The van der Waals surface area contributed by atoms with Crippen LogP contribution >= 0.6 is 0 Å². The van der Waals surface area contributed by atoms with Gasteiger partial charge in [-0.05, 0) is 103 Å². The molecule has 0 aromatic heterocycles. The van der Waals surface area contributed by atoms with Crippen LogP contribution in [-0.4, -0.2) is 37.9 Å². The van der Waals surface area contributed by atoms with Crippen LogP contribution in [0.15, 0.2) is 60.8 Å². The van der Waals surface area contributed by atoms with Crippen molar-refractivity contribution in [3.05, 3.63) is 60.8 Å². The van der Waals surface area contributed by atoms with Crippen LogP contribution in [0.5, 0.6) is 0 Å². The van der Waals surface area contributed by atoms with Crippen LogP contribution in [0.1, 0.15) is 290 Å². The van der Waals surface area contributed by atoms with Crippen molar-refractivity contribution in [2.45, 2.75) is 297 Å². The predicted molar refractivity (Wildman–Crippen MR) is 288 cm³/mol. The molecule has 0 radical (unpaired) electrons.